The average Bonchev–Trinajstić information content (AvgIpc) is 2.54. The number of thioether (sulfide) groups is 1. The van der Waals surface area contributed by atoms with Crippen LogP contribution in [0.2, 0.25) is 0 Å². The van der Waals surface area contributed by atoms with Gasteiger partial charge < -0.3 is 74.2 Å². The summed E-state index contributed by atoms with van der Waals surface area (Å²) >= 11 is 1.17. The van der Waals surface area contributed by atoms with Crippen molar-refractivity contribution < 1.29 is 85.3 Å². The number of nitrogens with one attached hydrogen (secondary N) is 3. The van der Waals surface area contributed by atoms with Gasteiger partial charge in [-0.2, -0.15) is 0 Å². The zero-order chi connectivity index (χ0) is 61.0. The first-order chi connectivity index (χ1) is 40.5. The SMILES string of the molecule is CC(C)(C)[C@H](c1cc(-c2cc(F)ccc2F)cn1Cc1ccccc1)N(CCCN)C(=O)CSC[C@H](NC(=O)CCOCCOCCOCCOCCNC(=O)CN1C(=O)C=CC1=O)C(=O)NCCOCCOCCOCCOCCC(=O)O. The number of hydrogen-bond donors (Lipinski definition) is 5. The number of nitrogens with two attached hydrogens (primary N) is 1. The summed E-state index contributed by atoms with van der Waals surface area (Å²) in [4.78, 5) is 90.0. The van der Waals surface area contributed by atoms with Gasteiger partial charge in [-0.1, -0.05) is 51.1 Å². The highest BCUT2D eigenvalue weighted by atomic mass is 32.2. The lowest BCUT2D eigenvalue weighted by atomic mass is 9.83. The maximum atomic E-state index is 15.3. The van der Waals surface area contributed by atoms with E-state index in [0.29, 0.717) is 50.6 Å². The zero-order valence-electron chi connectivity index (χ0n) is 48.3. The molecule has 3 aromatic rings. The summed E-state index contributed by atoms with van der Waals surface area (Å²) in [7, 11) is 0. The first kappa shape index (κ1) is 70.3. The monoisotopic (exact) mass is 1200 g/mol. The molecule has 1 aliphatic rings. The highest BCUT2D eigenvalue weighted by Gasteiger charge is 2.37. The van der Waals surface area contributed by atoms with E-state index in [-0.39, 0.29) is 148 Å². The van der Waals surface area contributed by atoms with Crippen molar-refractivity contribution in [2.45, 2.75) is 58.7 Å². The van der Waals surface area contributed by atoms with Crippen LogP contribution in [-0.2, 0) is 78.0 Å². The van der Waals surface area contributed by atoms with E-state index < -0.39 is 64.6 Å². The molecule has 0 radical (unpaired) electrons. The topological polar surface area (TPSA) is 287 Å². The molecule has 0 fully saturated rings. The van der Waals surface area contributed by atoms with Crippen molar-refractivity contribution in [1.29, 1.82) is 0 Å². The van der Waals surface area contributed by atoms with Crippen LogP contribution >= 0.6 is 11.8 Å². The maximum absolute atomic E-state index is 15.3. The van der Waals surface area contributed by atoms with Crippen LogP contribution in [0.5, 0.6) is 0 Å². The lowest BCUT2D eigenvalue weighted by Crippen LogP contribution is -2.49. The first-order valence-electron chi connectivity index (χ1n) is 28.0. The minimum atomic E-state index is -1.05. The number of imide groups is 1. The largest absolute Gasteiger partial charge is 0.481 e. The van der Waals surface area contributed by atoms with E-state index in [0.717, 1.165) is 40.8 Å². The van der Waals surface area contributed by atoms with Crippen molar-refractivity contribution in [1.82, 2.24) is 30.3 Å². The quantitative estimate of drug-likeness (QED) is 0.0401. The summed E-state index contributed by atoms with van der Waals surface area (Å²) in [6, 6.07) is 13.1. The van der Waals surface area contributed by atoms with Crippen molar-refractivity contribution in [3.8, 4) is 11.1 Å². The molecule has 1 aliphatic heterocycles. The number of rotatable bonds is 46. The zero-order valence-corrected chi connectivity index (χ0v) is 49.1. The Hall–Kier alpha value is -6.20. The Morgan fingerprint density at radius 1 is 0.690 bits per heavy atom. The maximum Gasteiger partial charge on any atom is 0.305 e. The molecule has 2 heterocycles. The number of aliphatic carboxylic acids is 1. The second-order valence-corrected chi connectivity index (χ2v) is 21.1. The molecule has 2 atom stereocenters. The lowest BCUT2D eigenvalue weighted by Gasteiger charge is -2.41. The molecule has 1 aromatic heterocycles. The molecule has 4 rings (SSSR count). The molecular formula is C58H83F2N7O16S. The van der Waals surface area contributed by atoms with Gasteiger partial charge in [-0.15, -0.1) is 11.8 Å². The molecule has 0 saturated heterocycles. The average molecular weight is 1200 g/mol. The van der Waals surface area contributed by atoms with E-state index in [4.69, 9.17) is 48.7 Å². The van der Waals surface area contributed by atoms with E-state index in [1.807, 2.05) is 55.7 Å². The summed E-state index contributed by atoms with van der Waals surface area (Å²) < 4.78 is 75.7. The molecule has 466 valence electrons. The molecule has 2 aromatic carbocycles. The Bertz CT molecular complexity index is 2500. The predicted octanol–water partition coefficient (Wildman–Crippen LogP) is 3.12. The van der Waals surface area contributed by atoms with Crippen LogP contribution in [0, 0.1) is 17.0 Å². The van der Waals surface area contributed by atoms with Crippen molar-refractivity contribution >= 4 is 53.2 Å². The standard InChI is InChI=1S/C58H83F2N7O16S/c1-58(2,3)56(49-36-44(46-37-45(59)10-11-47(46)60)39-65(49)38-43-8-5-4-6-9-43)66(19-7-16-61)54(72)42-84-41-48(57(75)63-18-23-79-27-31-83-35-33-81-29-25-77-21-15-55(73)74)64-50(68)14-20-76-24-28-80-32-34-82-30-26-78-22-17-62-51(69)40-67-52(70)12-13-53(67)71/h4-6,8-13,36-37,39,48,56H,7,14-35,38,40-42,61H2,1-3H3,(H,62,69)(H,63,75)(H,64,68)(H,73,74)/t48-,56-/m0/s1. The second kappa shape index (κ2) is 40.2. The van der Waals surface area contributed by atoms with Crippen LogP contribution in [-0.4, -0.2) is 217 Å². The van der Waals surface area contributed by atoms with Crippen LogP contribution in [0.25, 0.3) is 11.1 Å². The number of ether oxygens (including phenoxy) is 8. The van der Waals surface area contributed by atoms with Crippen LogP contribution < -0.4 is 21.7 Å². The van der Waals surface area contributed by atoms with Crippen LogP contribution in [0.3, 0.4) is 0 Å². The van der Waals surface area contributed by atoms with Gasteiger partial charge in [0.1, 0.15) is 24.2 Å². The van der Waals surface area contributed by atoms with Crippen LogP contribution in [0.15, 0.2) is 72.9 Å². The number of amides is 6. The molecule has 0 aliphatic carbocycles. The third-order valence-corrected chi connectivity index (χ3v) is 13.4. The molecule has 0 bridgehead atoms. The van der Waals surface area contributed by atoms with E-state index in [1.54, 1.807) is 17.2 Å². The number of halogens is 2. The number of benzene rings is 2. The Morgan fingerprint density at radius 2 is 1.23 bits per heavy atom. The van der Waals surface area contributed by atoms with Gasteiger partial charge in [0, 0.05) is 73.5 Å². The van der Waals surface area contributed by atoms with Gasteiger partial charge in [-0.05, 0) is 48.2 Å². The molecule has 0 spiro atoms. The summed E-state index contributed by atoms with van der Waals surface area (Å²) in [5, 5.41) is 16.8. The van der Waals surface area contributed by atoms with Gasteiger partial charge in [-0.3, -0.25) is 38.5 Å². The molecule has 84 heavy (non-hydrogen) atoms. The molecule has 6 N–H and O–H groups in total. The van der Waals surface area contributed by atoms with E-state index in [2.05, 4.69) is 16.0 Å². The summed E-state index contributed by atoms with van der Waals surface area (Å²) in [5.41, 5.74) is 7.64. The predicted molar refractivity (Wildman–Crippen MR) is 307 cm³/mol. The van der Waals surface area contributed by atoms with Crippen molar-refractivity contribution in [3.63, 3.8) is 0 Å². The highest BCUT2D eigenvalue weighted by molar-refractivity contribution is 8.00. The van der Waals surface area contributed by atoms with Gasteiger partial charge in [0.05, 0.1) is 124 Å². The number of nitrogens with zero attached hydrogens (tertiary/aromatic N) is 3. The van der Waals surface area contributed by atoms with E-state index in [1.165, 1.54) is 11.8 Å². The van der Waals surface area contributed by atoms with E-state index in [9.17, 15) is 38.0 Å². The number of hydrogen-bond acceptors (Lipinski definition) is 17. The van der Waals surface area contributed by atoms with Gasteiger partial charge in [0.25, 0.3) is 11.8 Å². The minimum absolute atomic E-state index is 0.0271. The highest BCUT2D eigenvalue weighted by Crippen LogP contribution is 2.41. The Labute approximate surface area is 493 Å². The summed E-state index contributed by atoms with van der Waals surface area (Å²) in [6.45, 7) is 10.6. The third-order valence-electron chi connectivity index (χ3n) is 12.3. The van der Waals surface area contributed by atoms with Crippen molar-refractivity contribution in [3.05, 3.63) is 95.8 Å². The molecular weight excluding hydrogens is 1120 g/mol. The van der Waals surface area contributed by atoms with E-state index >= 15 is 4.39 Å². The van der Waals surface area contributed by atoms with Gasteiger partial charge in [0.2, 0.25) is 23.6 Å². The summed E-state index contributed by atoms with van der Waals surface area (Å²) in [5.74, 6) is -4.92. The Balaban J connectivity index is 1.27. The van der Waals surface area contributed by atoms with Gasteiger partial charge in [0.15, 0.2) is 0 Å². The fourth-order valence-corrected chi connectivity index (χ4v) is 9.26. The number of aromatic nitrogens is 1. The van der Waals surface area contributed by atoms with Crippen LogP contribution in [0.1, 0.15) is 57.3 Å². The minimum Gasteiger partial charge on any atom is -0.481 e. The fourth-order valence-electron chi connectivity index (χ4n) is 8.33. The molecule has 0 unspecified atom stereocenters. The van der Waals surface area contributed by atoms with Crippen molar-refractivity contribution in [2.75, 3.05) is 150 Å². The number of carbonyl (C=O) groups excluding carboxylic acids is 6. The molecule has 0 saturated carbocycles. The lowest BCUT2D eigenvalue weighted by molar-refractivity contribution is -0.141. The number of carbonyl (C=O) groups is 7. The first-order valence-corrected chi connectivity index (χ1v) is 29.1. The smallest absolute Gasteiger partial charge is 0.305 e. The Morgan fingerprint density at radius 3 is 1.77 bits per heavy atom. The van der Waals surface area contributed by atoms with Crippen molar-refractivity contribution in [2.24, 2.45) is 11.1 Å². The van der Waals surface area contributed by atoms with Crippen LogP contribution in [0.4, 0.5) is 8.78 Å². The number of carboxylic acid groups (broad SMARTS) is 1. The van der Waals surface area contributed by atoms with Gasteiger partial charge >= 0.3 is 5.97 Å². The molecule has 26 heteroatoms. The van der Waals surface area contributed by atoms with Gasteiger partial charge in [-0.25, -0.2) is 8.78 Å². The molecule has 23 nitrogen and oxygen atoms in total. The normalized spacial score (nSPS) is 13.1. The summed E-state index contributed by atoms with van der Waals surface area (Å²) in [6.07, 6.45) is 4.31. The number of carboxylic acids is 1. The third kappa shape index (κ3) is 27.7. The molecule has 6 amide bonds. The second-order valence-electron chi connectivity index (χ2n) is 20.1. The Kier molecular flexibility index (Phi) is 33.6. The fraction of sp³-hybridized carbons (Fsp3) is 0.569.